The van der Waals surface area contributed by atoms with Gasteiger partial charge in [-0.25, -0.2) is 4.79 Å². The van der Waals surface area contributed by atoms with Gasteiger partial charge in [0.05, 0.1) is 5.92 Å². The second-order valence-corrected chi connectivity index (χ2v) is 7.48. The molecule has 5 nitrogen and oxygen atoms in total. The van der Waals surface area contributed by atoms with Crippen LogP contribution in [0.4, 0.5) is 4.79 Å². The van der Waals surface area contributed by atoms with Crippen LogP contribution >= 0.6 is 0 Å². The molecule has 136 valence electrons. The van der Waals surface area contributed by atoms with Gasteiger partial charge in [0.1, 0.15) is 0 Å². The van der Waals surface area contributed by atoms with Gasteiger partial charge in [-0.15, -0.1) is 0 Å². The maximum atomic E-state index is 12.6. The van der Waals surface area contributed by atoms with Crippen molar-refractivity contribution in [3.05, 3.63) is 35.9 Å². The first kappa shape index (κ1) is 17.8. The number of urea groups is 1. The molecule has 1 unspecified atom stereocenters. The molecule has 2 N–H and O–H groups in total. The van der Waals surface area contributed by atoms with Gasteiger partial charge in [-0.1, -0.05) is 30.3 Å². The molecular formula is C20H28N2O3. The summed E-state index contributed by atoms with van der Waals surface area (Å²) >= 11 is 0. The minimum atomic E-state index is -0.704. The molecule has 0 bridgehead atoms. The van der Waals surface area contributed by atoms with Crippen molar-refractivity contribution >= 4 is 12.0 Å². The lowest BCUT2D eigenvalue weighted by molar-refractivity contribution is -0.142. The summed E-state index contributed by atoms with van der Waals surface area (Å²) < 4.78 is 0. The lowest BCUT2D eigenvalue weighted by Crippen LogP contribution is -2.49. The first-order chi connectivity index (χ1) is 12.1. The van der Waals surface area contributed by atoms with Gasteiger partial charge in [-0.3, -0.25) is 4.79 Å². The Morgan fingerprint density at radius 3 is 2.48 bits per heavy atom. The molecular weight excluding hydrogens is 316 g/mol. The number of hydrogen-bond acceptors (Lipinski definition) is 2. The van der Waals surface area contributed by atoms with E-state index in [1.165, 1.54) is 12.0 Å². The van der Waals surface area contributed by atoms with Crippen LogP contribution in [0.1, 0.15) is 44.1 Å². The monoisotopic (exact) mass is 344 g/mol. The third-order valence-electron chi connectivity index (χ3n) is 5.58. The second kappa shape index (κ2) is 8.37. The minimum absolute atomic E-state index is 0.0246. The molecule has 1 saturated heterocycles. The zero-order valence-corrected chi connectivity index (χ0v) is 14.7. The van der Waals surface area contributed by atoms with Gasteiger partial charge in [0.2, 0.25) is 0 Å². The lowest BCUT2D eigenvalue weighted by Gasteiger charge is -2.35. The average Bonchev–Trinajstić information content (AvgIpc) is 2.63. The predicted octanol–water partition coefficient (Wildman–Crippen LogP) is 3.29. The Kier molecular flexibility index (Phi) is 5.95. The van der Waals surface area contributed by atoms with Crippen LogP contribution in [0.3, 0.4) is 0 Å². The van der Waals surface area contributed by atoms with Crippen LogP contribution in [-0.2, 0) is 11.2 Å². The number of carboxylic acid groups (broad SMARTS) is 1. The van der Waals surface area contributed by atoms with Crippen molar-refractivity contribution < 1.29 is 14.7 Å². The number of nitrogens with one attached hydrogen (secondary N) is 1. The Morgan fingerprint density at radius 2 is 1.80 bits per heavy atom. The van der Waals surface area contributed by atoms with Crippen molar-refractivity contribution in [3.63, 3.8) is 0 Å². The van der Waals surface area contributed by atoms with E-state index in [2.05, 4.69) is 29.6 Å². The Bertz CT molecular complexity index is 582. The first-order valence-electron chi connectivity index (χ1n) is 9.44. The number of benzene rings is 1. The number of nitrogens with zero attached hydrogens (tertiary/aromatic N) is 1. The van der Waals surface area contributed by atoms with Crippen molar-refractivity contribution in [1.29, 1.82) is 0 Å². The largest absolute Gasteiger partial charge is 0.481 e. The van der Waals surface area contributed by atoms with E-state index in [9.17, 15) is 9.59 Å². The lowest BCUT2D eigenvalue weighted by atomic mass is 9.86. The van der Waals surface area contributed by atoms with E-state index in [0.717, 1.165) is 38.8 Å². The van der Waals surface area contributed by atoms with Crippen LogP contribution in [0.5, 0.6) is 0 Å². The molecule has 1 aliphatic carbocycles. The van der Waals surface area contributed by atoms with Gasteiger partial charge in [-0.05, 0) is 56.4 Å². The molecule has 1 atom stereocenters. The number of carboxylic acids is 1. The first-order valence-corrected chi connectivity index (χ1v) is 9.44. The van der Waals surface area contributed by atoms with Gasteiger partial charge in [0.25, 0.3) is 0 Å². The van der Waals surface area contributed by atoms with E-state index in [4.69, 9.17) is 5.11 Å². The highest BCUT2D eigenvalue weighted by atomic mass is 16.4. The van der Waals surface area contributed by atoms with Crippen molar-refractivity contribution in [3.8, 4) is 0 Å². The van der Waals surface area contributed by atoms with E-state index in [0.29, 0.717) is 18.8 Å². The van der Waals surface area contributed by atoms with E-state index in [1.54, 1.807) is 0 Å². The molecule has 1 saturated carbocycles. The molecule has 5 heteroatoms. The van der Waals surface area contributed by atoms with E-state index < -0.39 is 5.97 Å². The Labute approximate surface area is 149 Å². The highest BCUT2D eigenvalue weighted by molar-refractivity contribution is 5.75. The number of piperidine rings is 1. The van der Waals surface area contributed by atoms with Gasteiger partial charge in [-0.2, -0.15) is 0 Å². The maximum absolute atomic E-state index is 12.6. The van der Waals surface area contributed by atoms with Crippen LogP contribution in [-0.4, -0.2) is 41.1 Å². The predicted molar refractivity (Wildman–Crippen MR) is 96.4 cm³/mol. The molecule has 1 heterocycles. The summed E-state index contributed by atoms with van der Waals surface area (Å²) in [5, 5.41) is 12.2. The normalized spacial score (nSPS) is 26.9. The highest BCUT2D eigenvalue weighted by Gasteiger charge is 2.29. The van der Waals surface area contributed by atoms with Crippen LogP contribution < -0.4 is 5.32 Å². The molecule has 2 aliphatic rings. The third-order valence-corrected chi connectivity index (χ3v) is 5.58. The summed E-state index contributed by atoms with van der Waals surface area (Å²) in [6.45, 7) is 1.63. The number of carbonyl (C=O) groups is 2. The number of rotatable bonds is 4. The fourth-order valence-corrected chi connectivity index (χ4v) is 4.11. The van der Waals surface area contributed by atoms with E-state index in [-0.39, 0.29) is 18.0 Å². The van der Waals surface area contributed by atoms with Crippen molar-refractivity contribution in [1.82, 2.24) is 10.2 Å². The Balaban J connectivity index is 1.46. The average molecular weight is 344 g/mol. The quantitative estimate of drug-likeness (QED) is 0.880. The molecule has 1 aromatic rings. The molecule has 2 amide bonds. The SMILES string of the molecule is O=C(O)C1CCC(NC(=O)N2CCCC(Cc3ccccc3)C2)CC1. The fourth-order valence-electron chi connectivity index (χ4n) is 4.11. The molecule has 1 aliphatic heterocycles. The van der Waals surface area contributed by atoms with Gasteiger partial charge in [0.15, 0.2) is 0 Å². The second-order valence-electron chi connectivity index (χ2n) is 7.48. The zero-order valence-electron chi connectivity index (χ0n) is 14.7. The van der Waals surface area contributed by atoms with Crippen LogP contribution in [0.25, 0.3) is 0 Å². The molecule has 3 rings (SSSR count). The van der Waals surface area contributed by atoms with Gasteiger partial charge < -0.3 is 15.3 Å². The molecule has 0 radical (unpaired) electrons. The van der Waals surface area contributed by atoms with Crippen molar-refractivity contribution in [2.45, 2.75) is 51.0 Å². The zero-order chi connectivity index (χ0) is 17.6. The smallest absolute Gasteiger partial charge is 0.317 e. The summed E-state index contributed by atoms with van der Waals surface area (Å²) in [5.74, 6) is -0.424. The Morgan fingerprint density at radius 1 is 1.08 bits per heavy atom. The van der Waals surface area contributed by atoms with Gasteiger partial charge >= 0.3 is 12.0 Å². The molecule has 2 fully saturated rings. The molecule has 25 heavy (non-hydrogen) atoms. The van der Waals surface area contributed by atoms with Gasteiger partial charge in [0, 0.05) is 19.1 Å². The summed E-state index contributed by atoms with van der Waals surface area (Å²) in [6.07, 6.45) is 6.11. The number of amides is 2. The van der Waals surface area contributed by atoms with Crippen LogP contribution in [0, 0.1) is 11.8 Å². The number of likely N-dealkylation sites (tertiary alicyclic amines) is 1. The van der Waals surface area contributed by atoms with Crippen LogP contribution in [0.15, 0.2) is 30.3 Å². The number of carbonyl (C=O) groups excluding carboxylic acids is 1. The minimum Gasteiger partial charge on any atom is -0.481 e. The van der Waals surface area contributed by atoms with Crippen molar-refractivity contribution in [2.24, 2.45) is 11.8 Å². The molecule has 0 aromatic heterocycles. The Hall–Kier alpha value is -2.04. The van der Waals surface area contributed by atoms with Crippen molar-refractivity contribution in [2.75, 3.05) is 13.1 Å². The standard InChI is InChI=1S/C20H28N2O3/c23-19(24)17-8-10-18(11-9-17)21-20(25)22-12-4-7-16(14-22)13-15-5-2-1-3-6-15/h1-3,5-6,16-18H,4,7-14H2,(H,21,25)(H,23,24). The number of hydrogen-bond donors (Lipinski definition) is 2. The van der Waals surface area contributed by atoms with Crippen LogP contribution in [0.2, 0.25) is 0 Å². The number of aliphatic carboxylic acids is 1. The third kappa shape index (κ3) is 4.97. The summed E-state index contributed by atoms with van der Waals surface area (Å²) in [4.78, 5) is 25.5. The molecule has 1 aromatic carbocycles. The fraction of sp³-hybridized carbons (Fsp3) is 0.600. The summed E-state index contributed by atoms with van der Waals surface area (Å²) in [7, 11) is 0. The maximum Gasteiger partial charge on any atom is 0.317 e. The van der Waals surface area contributed by atoms with E-state index in [1.807, 2.05) is 11.0 Å². The van der Waals surface area contributed by atoms with E-state index >= 15 is 0 Å². The topological polar surface area (TPSA) is 69.6 Å². The summed E-state index contributed by atoms with van der Waals surface area (Å²) in [6, 6.07) is 10.6. The highest BCUT2D eigenvalue weighted by Crippen LogP contribution is 2.25. The summed E-state index contributed by atoms with van der Waals surface area (Å²) in [5.41, 5.74) is 1.33. The molecule has 0 spiro atoms.